The molecular weight excluding hydrogens is 272 g/mol. The number of rotatable bonds is 5. The van der Waals surface area contributed by atoms with E-state index in [-0.39, 0.29) is 0 Å². The number of nitrogens with zero attached hydrogens (tertiary/aromatic N) is 2. The molecule has 1 fully saturated rings. The molecule has 0 aliphatic carbocycles. The van der Waals surface area contributed by atoms with Crippen LogP contribution in [0.1, 0.15) is 39.2 Å². The zero-order valence-electron chi connectivity index (χ0n) is 14.0. The van der Waals surface area contributed by atoms with Gasteiger partial charge in [-0.1, -0.05) is 49.4 Å². The monoisotopic (exact) mass is 300 g/mol. The molecule has 120 valence electrons. The van der Waals surface area contributed by atoms with Gasteiger partial charge >= 0.3 is 0 Å². The summed E-state index contributed by atoms with van der Waals surface area (Å²) in [6, 6.07) is 11.0. The number of benzene rings is 1. The molecule has 0 aromatic heterocycles. The number of carbonyl (C=O) groups is 1. The summed E-state index contributed by atoms with van der Waals surface area (Å²) in [6.07, 6.45) is 5.99. The third-order valence-electron chi connectivity index (χ3n) is 4.22. The molecular formula is C19H28N2O. The maximum atomic E-state index is 12.2. The van der Waals surface area contributed by atoms with Gasteiger partial charge in [-0.15, -0.1) is 0 Å². The third kappa shape index (κ3) is 4.44. The Bertz CT molecular complexity index is 485. The van der Waals surface area contributed by atoms with Crippen LogP contribution in [0.2, 0.25) is 0 Å². The average molecular weight is 300 g/mol. The van der Waals surface area contributed by atoms with Crippen molar-refractivity contribution in [3.63, 3.8) is 0 Å². The number of hydrogen-bond acceptors (Lipinski definition) is 2. The summed E-state index contributed by atoms with van der Waals surface area (Å²) < 4.78 is 0. The molecule has 0 saturated carbocycles. The van der Waals surface area contributed by atoms with E-state index in [1.165, 1.54) is 5.56 Å². The predicted octanol–water partition coefficient (Wildman–Crippen LogP) is 3.42. The molecule has 1 aromatic rings. The maximum Gasteiger partial charge on any atom is 0.223 e. The second-order valence-electron chi connectivity index (χ2n) is 6.28. The van der Waals surface area contributed by atoms with E-state index in [9.17, 15) is 4.79 Å². The lowest BCUT2D eigenvalue weighted by Crippen LogP contribution is -2.58. The highest BCUT2D eigenvalue weighted by Crippen LogP contribution is 2.17. The number of amides is 1. The molecule has 0 N–H and O–H groups in total. The second kappa shape index (κ2) is 8.14. The van der Waals surface area contributed by atoms with Gasteiger partial charge in [0, 0.05) is 38.1 Å². The molecule has 2 rings (SSSR count). The molecule has 0 bridgehead atoms. The molecule has 1 saturated heterocycles. The largest absolute Gasteiger partial charge is 0.335 e. The SMILES string of the molecule is CCCC(=O)N1C(C)CN(CC=Cc2ccccc2)CC1C. The normalized spacial score (nSPS) is 23.1. The highest BCUT2D eigenvalue weighted by atomic mass is 16.2. The molecule has 1 aliphatic heterocycles. The Morgan fingerprint density at radius 1 is 1.18 bits per heavy atom. The van der Waals surface area contributed by atoms with Crippen LogP contribution in [-0.4, -0.2) is 47.4 Å². The van der Waals surface area contributed by atoms with Crippen LogP contribution in [-0.2, 0) is 4.79 Å². The molecule has 0 spiro atoms. The average Bonchev–Trinajstić information content (AvgIpc) is 2.48. The van der Waals surface area contributed by atoms with E-state index in [2.05, 4.69) is 67.0 Å². The Labute approximate surface area is 134 Å². The summed E-state index contributed by atoms with van der Waals surface area (Å²) in [5.41, 5.74) is 1.24. The minimum absolute atomic E-state index is 0.299. The van der Waals surface area contributed by atoms with Crippen LogP contribution in [0.15, 0.2) is 36.4 Å². The van der Waals surface area contributed by atoms with Crippen molar-refractivity contribution in [3.8, 4) is 0 Å². The Morgan fingerprint density at radius 2 is 1.82 bits per heavy atom. The summed E-state index contributed by atoms with van der Waals surface area (Å²) in [5, 5.41) is 0. The van der Waals surface area contributed by atoms with Crippen molar-refractivity contribution in [3.05, 3.63) is 42.0 Å². The summed E-state index contributed by atoms with van der Waals surface area (Å²) in [5.74, 6) is 0.307. The lowest BCUT2D eigenvalue weighted by Gasteiger charge is -2.44. The van der Waals surface area contributed by atoms with Gasteiger partial charge in [0.2, 0.25) is 5.91 Å². The molecule has 3 nitrogen and oxygen atoms in total. The van der Waals surface area contributed by atoms with Crippen LogP contribution >= 0.6 is 0 Å². The van der Waals surface area contributed by atoms with Crippen molar-refractivity contribution in [2.75, 3.05) is 19.6 Å². The molecule has 1 aliphatic rings. The van der Waals surface area contributed by atoms with Gasteiger partial charge in [0.25, 0.3) is 0 Å². The minimum Gasteiger partial charge on any atom is -0.335 e. The van der Waals surface area contributed by atoms with Gasteiger partial charge in [0.1, 0.15) is 0 Å². The van der Waals surface area contributed by atoms with Gasteiger partial charge in [-0.05, 0) is 25.8 Å². The second-order valence-corrected chi connectivity index (χ2v) is 6.28. The fourth-order valence-electron chi connectivity index (χ4n) is 3.32. The molecule has 2 unspecified atom stereocenters. The topological polar surface area (TPSA) is 23.6 Å². The van der Waals surface area contributed by atoms with Gasteiger partial charge in [-0.2, -0.15) is 0 Å². The van der Waals surface area contributed by atoms with E-state index in [0.717, 1.165) is 26.1 Å². The van der Waals surface area contributed by atoms with Crippen molar-refractivity contribution >= 4 is 12.0 Å². The minimum atomic E-state index is 0.299. The van der Waals surface area contributed by atoms with Crippen LogP contribution in [0.4, 0.5) is 0 Å². The lowest BCUT2D eigenvalue weighted by atomic mass is 10.1. The molecule has 3 heteroatoms. The zero-order valence-corrected chi connectivity index (χ0v) is 14.0. The van der Waals surface area contributed by atoms with Crippen molar-refractivity contribution in [1.82, 2.24) is 9.80 Å². The van der Waals surface area contributed by atoms with Crippen LogP contribution < -0.4 is 0 Å². The number of carbonyl (C=O) groups excluding carboxylic acids is 1. The van der Waals surface area contributed by atoms with E-state index < -0.39 is 0 Å². The Hall–Kier alpha value is -1.61. The molecule has 2 atom stereocenters. The highest BCUT2D eigenvalue weighted by Gasteiger charge is 2.31. The summed E-state index contributed by atoms with van der Waals surface area (Å²) in [6.45, 7) is 9.25. The summed E-state index contributed by atoms with van der Waals surface area (Å²) in [4.78, 5) is 16.7. The first-order valence-electron chi connectivity index (χ1n) is 8.37. The van der Waals surface area contributed by atoms with Crippen molar-refractivity contribution in [2.45, 2.75) is 45.7 Å². The number of piperazine rings is 1. The van der Waals surface area contributed by atoms with Gasteiger partial charge in [0.15, 0.2) is 0 Å². The Morgan fingerprint density at radius 3 is 2.41 bits per heavy atom. The summed E-state index contributed by atoms with van der Waals surface area (Å²) >= 11 is 0. The van der Waals surface area contributed by atoms with E-state index >= 15 is 0 Å². The van der Waals surface area contributed by atoms with Crippen molar-refractivity contribution in [2.24, 2.45) is 0 Å². The van der Waals surface area contributed by atoms with Crippen LogP contribution in [0.3, 0.4) is 0 Å². The van der Waals surface area contributed by atoms with E-state index in [4.69, 9.17) is 0 Å². The molecule has 1 amide bonds. The van der Waals surface area contributed by atoms with E-state index in [0.29, 0.717) is 24.4 Å². The zero-order chi connectivity index (χ0) is 15.9. The predicted molar refractivity (Wildman–Crippen MR) is 92.6 cm³/mol. The maximum absolute atomic E-state index is 12.2. The fourth-order valence-corrected chi connectivity index (χ4v) is 3.32. The van der Waals surface area contributed by atoms with Gasteiger partial charge in [-0.3, -0.25) is 9.69 Å². The smallest absolute Gasteiger partial charge is 0.223 e. The first kappa shape index (κ1) is 16.8. The quantitative estimate of drug-likeness (QED) is 0.832. The first-order valence-corrected chi connectivity index (χ1v) is 8.37. The van der Waals surface area contributed by atoms with Gasteiger partial charge < -0.3 is 4.90 Å². The lowest BCUT2D eigenvalue weighted by molar-refractivity contribution is -0.138. The van der Waals surface area contributed by atoms with Crippen molar-refractivity contribution in [1.29, 1.82) is 0 Å². The molecule has 1 aromatic carbocycles. The highest BCUT2D eigenvalue weighted by molar-refractivity contribution is 5.77. The Kier molecular flexibility index (Phi) is 6.20. The number of hydrogen-bond donors (Lipinski definition) is 0. The van der Waals surface area contributed by atoms with Crippen LogP contribution in [0.5, 0.6) is 0 Å². The van der Waals surface area contributed by atoms with Gasteiger partial charge in [-0.25, -0.2) is 0 Å². The van der Waals surface area contributed by atoms with Crippen molar-refractivity contribution < 1.29 is 4.79 Å². The van der Waals surface area contributed by atoms with E-state index in [1.807, 2.05) is 6.07 Å². The Balaban J connectivity index is 1.88. The standard InChI is InChI=1S/C19H28N2O/c1-4-9-19(22)21-16(2)14-20(15-17(21)3)13-8-12-18-10-6-5-7-11-18/h5-8,10-12,16-17H,4,9,13-15H2,1-3H3. The van der Waals surface area contributed by atoms with Gasteiger partial charge in [0.05, 0.1) is 0 Å². The summed E-state index contributed by atoms with van der Waals surface area (Å²) in [7, 11) is 0. The fraction of sp³-hybridized carbons (Fsp3) is 0.526. The third-order valence-corrected chi connectivity index (χ3v) is 4.22. The van der Waals surface area contributed by atoms with Crippen LogP contribution in [0, 0.1) is 0 Å². The molecule has 0 radical (unpaired) electrons. The molecule has 1 heterocycles. The first-order chi connectivity index (χ1) is 10.6. The van der Waals surface area contributed by atoms with Crippen LogP contribution in [0.25, 0.3) is 6.08 Å². The molecule has 22 heavy (non-hydrogen) atoms. The van der Waals surface area contributed by atoms with E-state index in [1.54, 1.807) is 0 Å².